The molecule has 2 nitrogen and oxygen atoms in total. The molecule has 2 aromatic carbocycles. The van der Waals surface area contributed by atoms with Crippen molar-refractivity contribution in [1.29, 1.82) is 0 Å². The van der Waals surface area contributed by atoms with Crippen molar-refractivity contribution in [2.45, 2.75) is 38.0 Å². The third-order valence-corrected chi connectivity index (χ3v) is 5.80. The van der Waals surface area contributed by atoms with Gasteiger partial charge in [0.15, 0.2) is 0 Å². The summed E-state index contributed by atoms with van der Waals surface area (Å²) in [5.74, 6) is 0.415. The van der Waals surface area contributed by atoms with Gasteiger partial charge in [0.05, 0.1) is 12.2 Å². The Kier molecular flexibility index (Phi) is 3.92. The average molecular weight is 328 g/mol. The lowest BCUT2D eigenvalue weighted by Gasteiger charge is -2.39. The summed E-state index contributed by atoms with van der Waals surface area (Å²) in [6.07, 6.45) is 1.04. The van der Waals surface area contributed by atoms with Crippen LogP contribution in [0.2, 0.25) is 5.02 Å². The molecule has 2 atom stereocenters. The second-order valence-corrected chi connectivity index (χ2v) is 7.13. The number of hydrogen-bond donors (Lipinski definition) is 0. The molecule has 0 aliphatic carbocycles. The minimum absolute atomic E-state index is 0.0630. The number of likely N-dealkylation sites (tertiary alicyclic amines) is 1. The molecule has 0 saturated carbocycles. The van der Waals surface area contributed by atoms with E-state index in [0.717, 1.165) is 31.1 Å². The van der Waals surface area contributed by atoms with E-state index in [1.807, 2.05) is 6.07 Å². The highest BCUT2D eigenvalue weighted by atomic mass is 35.5. The Morgan fingerprint density at radius 3 is 2.78 bits per heavy atom. The molecule has 2 heterocycles. The Bertz CT molecular complexity index is 702. The Hall–Kier alpha value is -1.35. The van der Waals surface area contributed by atoms with Crippen LogP contribution >= 0.6 is 11.6 Å². The Morgan fingerprint density at radius 1 is 1.17 bits per heavy atom. The number of hydrogen-bond acceptors (Lipinski definition) is 2. The normalized spacial score (nSPS) is 26.8. The molecule has 2 aliphatic rings. The van der Waals surface area contributed by atoms with Crippen LogP contribution in [0, 0.1) is 0 Å². The molecule has 0 unspecified atom stereocenters. The highest BCUT2D eigenvalue weighted by Crippen LogP contribution is 2.47. The fraction of sp³-hybridized carbons (Fsp3) is 0.400. The van der Waals surface area contributed by atoms with Crippen LogP contribution in [0.4, 0.5) is 0 Å². The second-order valence-electron chi connectivity index (χ2n) is 6.72. The third-order valence-electron chi connectivity index (χ3n) is 5.45. The second kappa shape index (κ2) is 5.94. The van der Waals surface area contributed by atoms with Crippen molar-refractivity contribution < 1.29 is 4.74 Å². The van der Waals surface area contributed by atoms with E-state index in [4.69, 9.17) is 16.3 Å². The van der Waals surface area contributed by atoms with Crippen molar-refractivity contribution in [1.82, 2.24) is 4.90 Å². The van der Waals surface area contributed by atoms with Gasteiger partial charge in [-0.15, -0.1) is 0 Å². The molecule has 1 saturated heterocycles. The largest absolute Gasteiger partial charge is 0.368 e. The molecular formula is C20H22ClNO. The zero-order chi connectivity index (χ0) is 15.9. The lowest BCUT2D eigenvalue weighted by atomic mass is 9.79. The van der Waals surface area contributed by atoms with Gasteiger partial charge in [0.1, 0.15) is 0 Å². The molecule has 120 valence electrons. The van der Waals surface area contributed by atoms with Crippen molar-refractivity contribution in [2.75, 3.05) is 13.1 Å². The lowest BCUT2D eigenvalue weighted by molar-refractivity contribution is -0.0727. The lowest BCUT2D eigenvalue weighted by Crippen LogP contribution is -2.42. The molecular weight excluding hydrogens is 306 g/mol. The van der Waals surface area contributed by atoms with Gasteiger partial charge in [-0.1, -0.05) is 61.0 Å². The summed E-state index contributed by atoms with van der Waals surface area (Å²) in [4.78, 5) is 2.53. The number of fused-ring (bicyclic) bond motifs is 3. The molecule has 0 bridgehead atoms. The van der Waals surface area contributed by atoms with Gasteiger partial charge in [0.2, 0.25) is 0 Å². The smallest absolute Gasteiger partial charge is 0.0891 e. The number of halogens is 1. The van der Waals surface area contributed by atoms with Gasteiger partial charge in [-0.25, -0.2) is 0 Å². The molecule has 0 aromatic heterocycles. The number of ether oxygens (including phenoxy) is 1. The van der Waals surface area contributed by atoms with Crippen LogP contribution in [0.5, 0.6) is 0 Å². The first-order chi connectivity index (χ1) is 11.2. The fourth-order valence-corrected chi connectivity index (χ4v) is 4.43. The molecule has 0 radical (unpaired) electrons. The van der Waals surface area contributed by atoms with Gasteiger partial charge in [-0.3, -0.25) is 4.90 Å². The highest BCUT2D eigenvalue weighted by Gasteiger charge is 2.50. The maximum absolute atomic E-state index is 6.39. The van der Waals surface area contributed by atoms with E-state index in [9.17, 15) is 0 Å². The average Bonchev–Trinajstić information content (AvgIpc) is 2.95. The summed E-state index contributed by atoms with van der Waals surface area (Å²) in [6.45, 7) is 5.90. The molecule has 2 aromatic rings. The number of benzene rings is 2. The first kappa shape index (κ1) is 15.2. The van der Waals surface area contributed by atoms with E-state index in [-0.39, 0.29) is 5.60 Å². The maximum Gasteiger partial charge on any atom is 0.0891 e. The van der Waals surface area contributed by atoms with E-state index in [1.165, 1.54) is 16.7 Å². The zero-order valence-corrected chi connectivity index (χ0v) is 14.2. The van der Waals surface area contributed by atoms with Gasteiger partial charge in [-0.05, 0) is 29.2 Å². The third kappa shape index (κ3) is 2.59. The maximum atomic E-state index is 6.39. The summed E-state index contributed by atoms with van der Waals surface area (Å²) < 4.78 is 6.39. The van der Waals surface area contributed by atoms with Crippen molar-refractivity contribution in [2.24, 2.45) is 0 Å². The summed E-state index contributed by atoms with van der Waals surface area (Å²) >= 11 is 6.39. The molecule has 3 heteroatoms. The molecule has 2 aliphatic heterocycles. The highest BCUT2D eigenvalue weighted by molar-refractivity contribution is 6.31. The Labute approximate surface area is 143 Å². The number of rotatable bonds is 3. The minimum atomic E-state index is -0.0630. The summed E-state index contributed by atoms with van der Waals surface area (Å²) in [5, 5.41) is 0.841. The van der Waals surface area contributed by atoms with Crippen molar-refractivity contribution in [3.05, 3.63) is 70.2 Å². The van der Waals surface area contributed by atoms with E-state index >= 15 is 0 Å². The predicted octanol–water partition coefficient (Wildman–Crippen LogP) is 4.62. The molecule has 0 N–H and O–H groups in total. The van der Waals surface area contributed by atoms with Crippen molar-refractivity contribution in [3.8, 4) is 0 Å². The zero-order valence-electron chi connectivity index (χ0n) is 13.5. The first-order valence-electron chi connectivity index (χ1n) is 8.39. The van der Waals surface area contributed by atoms with Crippen molar-refractivity contribution in [3.63, 3.8) is 0 Å². The van der Waals surface area contributed by atoms with Gasteiger partial charge >= 0.3 is 0 Å². The summed E-state index contributed by atoms with van der Waals surface area (Å²) in [6, 6.07) is 17.0. The molecule has 4 rings (SSSR count). The van der Waals surface area contributed by atoms with Crippen LogP contribution in [0.3, 0.4) is 0 Å². The first-order valence-corrected chi connectivity index (χ1v) is 8.77. The summed E-state index contributed by atoms with van der Waals surface area (Å²) in [7, 11) is 0. The van der Waals surface area contributed by atoms with Gasteiger partial charge in [0.25, 0.3) is 0 Å². The molecule has 0 spiro atoms. The van der Waals surface area contributed by atoms with Crippen LogP contribution in [-0.4, -0.2) is 23.6 Å². The topological polar surface area (TPSA) is 12.5 Å². The predicted molar refractivity (Wildman–Crippen MR) is 93.7 cm³/mol. The van der Waals surface area contributed by atoms with E-state index < -0.39 is 0 Å². The quantitative estimate of drug-likeness (QED) is 0.815. The fourth-order valence-electron chi connectivity index (χ4n) is 4.20. The van der Waals surface area contributed by atoms with Gasteiger partial charge in [0, 0.05) is 30.6 Å². The van der Waals surface area contributed by atoms with Gasteiger partial charge in [-0.2, -0.15) is 0 Å². The van der Waals surface area contributed by atoms with Crippen LogP contribution in [0.1, 0.15) is 36.0 Å². The summed E-state index contributed by atoms with van der Waals surface area (Å²) in [5.41, 5.74) is 3.88. The molecule has 0 amide bonds. The molecule has 23 heavy (non-hydrogen) atoms. The van der Waals surface area contributed by atoms with E-state index in [0.29, 0.717) is 12.5 Å². The standard InChI is InChI=1S/C20H22ClNO/c1-2-20-14-22(11-15-7-4-3-5-8-15)12-18(20)16-9-6-10-19(21)17(16)13-23-20/h3-10,18H,2,11-14H2,1H3/t18-,20-/m1/s1. The van der Waals surface area contributed by atoms with Crippen LogP contribution in [0.15, 0.2) is 48.5 Å². The van der Waals surface area contributed by atoms with Crippen LogP contribution in [-0.2, 0) is 17.9 Å². The van der Waals surface area contributed by atoms with E-state index in [1.54, 1.807) is 0 Å². The Morgan fingerprint density at radius 2 is 2.00 bits per heavy atom. The monoisotopic (exact) mass is 327 g/mol. The molecule has 1 fully saturated rings. The SMILES string of the molecule is CC[C@@]12CN(Cc3ccccc3)C[C@@H]1c1cccc(Cl)c1CO2. The van der Waals surface area contributed by atoms with Crippen LogP contribution in [0.25, 0.3) is 0 Å². The minimum Gasteiger partial charge on any atom is -0.368 e. The van der Waals surface area contributed by atoms with Crippen LogP contribution < -0.4 is 0 Å². The van der Waals surface area contributed by atoms with Gasteiger partial charge < -0.3 is 4.74 Å². The van der Waals surface area contributed by atoms with Crippen molar-refractivity contribution >= 4 is 11.6 Å². The number of nitrogens with zero attached hydrogens (tertiary/aromatic N) is 1. The Balaban J connectivity index is 1.64. The van der Waals surface area contributed by atoms with E-state index in [2.05, 4.69) is 54.3 Å².